The molecule has 1 aliphatic rings. The molecule has 33 heavy (non-hydrogen) atoms. The maximum absolute atomic E-state index is 12.5. The van der Waals surface area contributed by atoms with Gasteiger partial charge < -0.3 is 29.8 Å². The van der Waals surface area contributed by atoms with Gasteiger partial charge in [-0.3, -0.25) is 14.6 Å². The van der Waals surface area contributed by atoms with Gasteiger partial charge in [-0.1, -0.05) is 18.2 Å². The topological polar surface area (TPSA) is 107 Å². The van der Waals surface area contributed by atoms with Crippen LogP contribution >= 0.6 is 0 Å². The predicted molar refractivity (Wildman–Crippen MR) is 124 cm³/mol. The van der Waals surface area contributed by atoms with Gasteiger partial charge in [0.15, 0.2) is 11.5 Å². The van der Waals surface area contributed by atoms with Crippen LogP contribution in [0, 0.1) is 0 Å². The van der Waals surface area contributed by atoms with Crippen LogP contribution in [0.1, 0.15) is 11.6 Å². The largest absolute Gasteiger partial charge is 0.496 e. The summed E-state index contributed by atoms with van der Waals surface area (Å²) in [6.45, 7) is 3.18. The Balaban J connectivity index is 1.59. The fraction of sp³-hybridized carbons (Fsp3) is 0.458. The number of piperazine rings is 1. The molecule has 9 nitrogen and oxygen atoms in total. The number of carbonyl (C=O) groups is 1. The maximum Gasteiger partial charge on any atom is 0.239 e. The fourth-order valence-corrected chi connectivity index (χ4v) is 4.13. The number of methoxy groups -OCH3 is 3. The van der Waals surface area contributed by atoms with Gasteiger partial charge in [0, 0.05) is 32.7 Å². The van der Waals surface area contributed by atoms with Crippen molar-refractivity contribution < 1.29 is 28.8 Å². The Morgan fingerprint density at radius 3 is 2.00 bits per heavy atom. The Morgan fingerprint density at radius 1 is 0.909 bits per heavy atom. The number of amides is 1. The van der Waals surface area contributed by atoms with E-state index in [4.69, 9.17) is 24.7 Å². The number of hydrogen-bond donors (Lipinski definition) is 2. The Hall–Kier alpha value is -3.01. The summed E-state index contributed by atoms with van der Waals surface area (Å²) in [7, 11) is 4.70. The van der Waals surface area contributed by atoms with Gasteiger partial charge in [-0.05, 0) is 24.3 Å². The van der Waals surface area contributed by atoms with Crippen molar-refractivity contribution in [1.29, 1.82) is 0 Å². The van der Waals surface area contributed by atoms with E-state index in [9.17, 15) is 9.90 Å². The van der Waals surface area contributed by atoms with Crippen molar-refractivity contribution in [3.05, 3.63) is 48.0 Å². The molecule has 2 aromatic carbocycles. The van der Waals surface area contributed by atoms with Crippen LogP contribution in [0.4, 0.5) is 0 Å². The first-order chi connectivity index (χ1) is 16.0. The number of nitrogens with two attached hydrogens (primary N) is 1. The highest BCUT2D eigenvalue weighted by atomic mass is 16.5. The molecule has 1 saturated heterocycles. The molecule has 1 amide bonds. The average molecular weight is 460 g/mol. The van der Waals surface area contributed by atoms with Crippen LogP contribution in [0.15, 0.2) is 42.5 Å². The van der Waals surface area contributed by atoms with E-state index < -0.39 is 18.1 Å². The van der Waals surface area contributed by atoms with Crippen LogP contribution in [-0.4, -0.2) is 87.6 Å². The average Bonchev–Trinajstić information content (AvgIpc) is 2.84. The van der Waals surface area contributed by atoms with Gasteiger partial charge in [-0.2, -0.15) is 0 Å². The second kappa shape index (κ2) is 11.7. The molecule has 2 atom stereocenters. The zero-order chi connectivity index (χ0) is 23.8. The van der Waals surface area contributed by atoms with Gasteiger partial charge in [0.05, 0.1) is 26.9 Å². The van der Waals surface area contributed by atoms with Crippen molar-refractivity contribution >= 4 is 5.91 Å². The van der Waals surface area contributed by atoms with Gasteiger partial charge in [-0.25, -0.2) is 0 Å². The van der Waals surface area contributed by atoms with Crippen LogP contribution in [0.3, 0.4) is 0 Å². The summed E-state index contributed by atoms with van der Waals surface area (Å²) in [5.74, 6) is 1.88. The molecule has 0 radical (unpaired) electrons. The minimum absolute atomic E-state index is 0.156. The molecule has 0 spiro atoms. The number of aliphatic hydroxyl groups excluding tert-OH is 1. The molecule has 180 valence electrons. The standard InChI is InChI=1S/C24H33N3O6/c1-30-18-7-4-5-8-19(18)33-16-17(28)15-26-11-13-27(14-12-26)23(24(25)29)22-20(31-2)9-6-10-21(22)32-3/h4-10,17,23,28H,11-16H2,1-3H3,(H2,25,29). The quantitative estimate of drug-likeness (QED) is 0.518. The van der Waals surface area contributed by atoms with E-state index in [1.54, 1.807) is 39.5 Å². The molecule has 1 fully saturated rings. The highest BCUT2D eigenvalue weighted by Gasteiger charge is 2.33. The van der Waals surface area contributed by atoms with E-state index in [0.717, 1.165) is 0 Å². The van der Waals surface area contributed by atoms with Crippen molar-refractivity contribution in [2.45, 2.75) is 12.1 Å². The number of ether oxygens (including phenoxy) is 4. The molecule has 1 aliphatic heterocycles. The lowest BCUT2D eigenvalue weighted by molar-refractivity contribution is -0.124. The Labute approximate surface area is 194 Å². The number of rotatable bonds is 11. The molecule has 3 rings (SSSR count). The summed E-state index contributed by atoms with van der Waals surface area (Å²) >= 11 is 0. The lowest BCUT2D eigenvalue weighted by Crippen LogP contribution is -2.52. The van der Waals surface area contributed by atoms with Crippen molar-refractivity contribution in [3.8, 4) is 23.0 Å². The van der Waals surface area contributed by atoms with Crippen LogP contribution in [0.25, 0.3) is 0 Å². The lowest BCUT2D eigenvalue weighted by atomic mass is 10.0. The number of benzene rings is 2. The van der Waals surface area contributed by atoms with Crippen LogP contribution in [0.5, 0.6) is 23.0 Å². The zero-order valence-electron chi connectivity index (χ0n) is 19.4. The van der Waals surface area contributed by atoms with Crippen LogP contribution < -0.4 is 24.7 Å². The Kier molecular flexibility index (Phi) is 8.76. The molecule has 0 saturated carbocycles. The summed E-state index contributed by atoms with van der Waals surface area (Å²) < 4.78 is 22.0. The number of aliphatic hydroxyl groups is 1. The van der Waals surface area contributed by atoms with Crippen molar-refractivity contribution in [3.63, 3.8) is 0 Å². The molecule has 1 heterocycles. The SMILES string of the molecule is COc1ccccc1OCC(O)CN1CCN(C(C(N)=O)c2c(OC)cccc2OC)CC1. The third kappa shape index (κ3) is 6.07. The van der Waals surface area contributed by atoms with E-state index in [2.05, 4.69) is 4.90 Å². The number of para-hydroxylation sites is 2. The summed E-state index contributed by atoms with van der Waals surface area (Å²) in [5, 5.41) is 10.5. The number of β-amino-alcohol motifs (C(OH)–C–C–N with tert-alkyl or cyclic N) is 1. The van der Waals surface area contributed by atoms with Gasteiger partial charge in [-0.15, -0.1) is 0 Å². The fourth-order valence-electron chi connectivity index (χ4n) is 4.13. The number of carbonyl (C=O) groups excluding carboxylic acids is 1. The second-order valence-electron chi connectivity index (χ2n) is 7.83. The predicted octanol–water partition coefficient (Wildman–Crippen LogP) is 1.30. The Bertz CT molecular complexity index is 895. The first-order valence-electron chi connectivity index (χ1n) is 10.9. The number of nitrogens with zero attached hydrogens (tertiary/aromatic N) is 2. The van der Waals surface area contributed by atoms with Gasteiger partial charge >= 0.3 is 0 Å². The minimum atomic E-state index is -0.669. The smallest absolute Gasteiger partial charge is 0.239 e. The molecular formula is C24H33N3O6. The third-order valence-electron chi connectivity index (χ3n) is 5.75. The van der Waals surface area contributed by atoms with E-state index in [1.165, 1.54) is 0 Å². The van der Waals surface area contributed by atoms with E-state index in [1.807, 2.05) is 29.2 Å². The van der Waals surface area contributed by atoms with Gasteiger partial charge in [0.2, 0.25) is 5.91 Å². The molecule has 0 aliphatic carbocycles. The lowest BCUT2D eigenvalue weighted by Gasteiger charge is -2.39. The van der Waals surface area contributed by atoms with Crippen molar-refractivity contribution in [2.24, 2.45) is 5.73 Å². The monoisotopic (exact) mass is 459 g/mol. The molecule has 9 heteroatoms. The molecule has 2 aromatic rings. The first-order valence-corrected chi connectivity index (χ1v) is 10.9. The minimum Gasteiger partial charge on any atom is -0.496 e. The summed E-state index contributed by atoms with van der Waals surface area (Å²) in [6.07, 6.45) is -0.664. The third-order valence-corrected chi connectivity index (χ3v) is 5.75. The first kappa shape index (κ1) is 24.6. The summed E-state index contributed by atoms with van der Waals surface area (Å²) in [4.78, 5) is 16.6. The van der Waals surface area contributed by atoms with E-state index >= 15 is 0 Å². The number of hydrogen-bond acceptors (Lipinski definition) is 8. The van der Waals surface area contributed by atoms with E-state index in [-0.39, 0.29) is 6.61 Å². The molecule has 2 unspecified atom stereocenters. The molecule has 0 bridgehead atoms. The van der Waals surface area contributed by atoms with Gasteiger partial charge in [0.1, 0.15) is 30.3 Å². The second-order valence-corrected chi connectivity index (χ2v) is 7.83. The van der Waals surface area contributed by atoms with Crippen LogP contribution in [-0.2, 0) is 4.79 Å². The summed E-state index contributed by atoms with van der Waals surface area (Å²) in [6, 6.07) is 12.1. The number of primary amides is 1. The highest BCUT2D eigenvalue weighted by molar-refractivity contribution is 5.83. The highest BCUT2D eigenvalue weighted by Crippen LogP contribution is 2.37. The van der Waals surface area contributed by atoms with Crippen LogP contribution in [0.2, 0.25) is 0 Å². The van der Waals surface area contributed by atoms with Gasteiger partial charge in [0.25, 0.3) is 0 Å². The molecule has 3 N–H and O–H groups in total. The van der Waals surface area contributed by atoms with Crippen molar-refractivity contribution in [2.75, 3.05) is 60.7 Å². The normalized spacial score (nSPS) is 16.6. The Morgan fingerprint density at radius 2 is 1.45 bits per heavy atom. The summed E-state index contributed by atoms with van der Waals surface area (Å²) in [5.41, 5.74) is 6.44. The van der Waals surface area contributed by atoms with Crippen molar-refractivity contribution in [1.82, 2.24) is 9.80 Å². The van der Waals surface area contributed by atoms with E-state index in [0.29, 0.717) is 61.3 Å². The molecule has 0 aromatic heterocycles. The zero-order valence-corrected chi connectivity index (χ0v) is 19.4. The maximum atomic E-state index is 12.5. The molecular weight excluding hydrogens is 426 g/mol.